The molecule has 1 N–H and O–H groups in total. The summed E-state index contributed by atoms with van der Waals surface area (Å²) < 4.78 is 0. The summed E-state index contributed by atoms with van der Waals surface area (Å²) in [5, 5.41) is 15.2. The number of nitrogens with zero attached hydrogens (tertiary/aromatic N) is 3. The van der Waals surface area contributed by atoms with Gasteiger partial charge in [-0.1, -0.05) is 41.6 Å². The van der Waals surface area contributed by atoms with Gasteiger partial charge in [0, 0.05) is 32.3 Å². The lowest BCUT2D eigenvalue weighted by Crippen LogP contribution is -2.45. The summed E-state index contributed by atoms with van der Waals surface area (Å²) in [5.74, 6) is 0. The zero-order valence-corrected chi connectivity index (χ0v) is 15.1. The van der Waals surface area contributed by atoms with Crippen LogP contribution in [0.1, 0.15) is 36.1 Å². The third-order valence-corrected chi connectivity index (χ3v) is 5.37. The van der Waals surface area contributed by atoms with Crippen LogP contribution in [0.25, 0.3) is 0 Å². The van der Waals surface area contributed by atoms with Gasteiger partial charge in [-0.2, -0.15) is 0 Å². The summed E-state index contributed by atoms with van der Waals surface area (Å²) in [6, 6.07) is 14.2. The molecule has 1 fully saturated rings. The molecule has 1 atom stereocenters. The first kappa shape index (κ1) is 17.2. The van der Waals surface area contributed by atoms with Crippen molar-refractivity contribution in [1.82, 2.24) is 9.88 Å². The molecule has 0 spiro atoms. The smallest absolute Gasteiger partial charge is 0.145 e. The molecule has 1 unspecified atom stereocenters. The van der Waals surface area contributed by atoms with Crippen LogP contribution in [0.3, 0.4) is 0 Å². The molecule has 136 valence electrons. The van der Waals surface area contributed by atoms with Crippen molar-refractivity contribution in [3.05, 3.63) is 65.5 Å². The molecule has 0 bridgehead atoms. The van der Waals surface area contributed by atoms with Crippen molar-refractivity contribution < 1.29 is 9.94 Å². The first-order valence-electron chi connectivity index (χ1n) is 9.28. The molecule has 0 radical (unpaired) electrons. The number of aromatic nitrogens is 1. The quantitative estimate of drug-likeness (QED) is 0.920. The van der Waals surface area contributed by atoms with E-state index in [0.29, 0.717) is 12.8 Å². The maximum absolute atomic E-state index is 11.0. The van der Waals surface area contributed by atoms with E-state index in [1.54, 1.807) is 0 Å². The van der Waals surface area contributed by atoms with Gasteiger partial charge in [0.25, 0.3) is 0 Å². The molecule has 2 aliphatic rings. The Kier molecular flexibility index (Phi) is 4.74. The number of rotatable bonds is 4. The molecular weight excluding hydrogens is 326 g/mol. The van der Waals surface area contributed by atoms with Crippen LogP contribution >= 0.6 is 0 Å². The average Bonchev–Trinajstić information content (AvgIpc) is 3.14. The summed E-state index contributed by atoms with van der Waals surface area (Å²) in [5.41, 5.74) is 3.24. The van der Waals surface area contributed by atoms with Crippen molar-refractivity contribution in [1.29, 1.82) is 0 Å². The highest BCUT2D eigenvalue weighted by atomic mass is 16.6. The Morgan fingerprint density at radius 2 is 1.92 bits per heavy atom. The fraction of sp³-hybridized carbons (Fsp3) is 0.429. The van der Waals surface area contributed by atoms with Gasteiger partial charge in [0.05, 0.1) is 11.4 Å². The molecule has 2 aliphatic heterocycles. The van der Waals surface area contributed by atoms with E-state index in [-0.39, 0.29) is 6.10 Å². The van der Waals surface area contributed by atoms with E-state index in [1.807, 2.05) is 43.5 Å². The Bertz CT molecular complexity index is 766. The minimum absolute atomic E-state index is 0.0916. The maximum Gasteiger partial charge on any atom is 0.145 e. The number of aliphatic hydroxyl groups is 1. The summed E-state index contributed by atoms with van der Waals surface area (Å²) in [6.07, 6.45) is 4.15. The van der Waals surface area contributed by atoms with E-state index in [4.69, 9.17) is 4.84 Å². The lowest BCUT2D eigenvalue weighted by Gasteiger charge is -2.38. The third-order valence-electron chi connectivity index (χ3n) is 5.37. The second-order valence-electron chi connectivity index (χ2n) is 7.39. The Hall–Kier alpha value is -2.24. The summed E-state index contributed by atoms with van der Waals surface area (Å²) in [6.45, 7) is 4.53. The number of oxime groups is 1. The van der Waals surface area contributed by atoms with Crippen LogP contribution in [0, 0.1) is 6.92 Å². The molecule has 3 heterocycles. The molecule has 4 rings (SSSR count). The molecule has 0 amide bonds. The molecule has 1 saturated heterocycles. The topological polar surface area (TPSA) is 58.0 Å². The van der Waals surface area contributed by atoms with Crippen molar-refractivity contribution in [2.75, 3.05) is 19.6 Å². The van der Waals surface area contributed by atoms with E-state index in [0.717, 1.165) is 48.6 Å². The SMILES string of the molecule is Cc1ccc(C2(O)CCN(CC3CC(c4ccccc4)=NO3)CC2)nc1. The number of benzene rings is 1. The highest BCUT2D eigenvalue weighted by molar-refractivity contribution is 6.01. The normalized spacial score (nSPS) is 22.7. The molecule has 26 heavy (non-hydrogen) atoms. The second-order valence-corrected chi connectivity index (χ2v) is 7.39. The van der Waals surface area contributed by atoms with Gasteiger partial charge in [0.15, 0.2) is 0 Å². The highest BCUT2D eigenvalue weighted by Crippen LogP contribution is 2.32. The van der Waals surface area contributed by atoms with Crippen molar-refractivity contribution in [2.45, 2.75) is 37.9 Å². The highest BCUT2D eigenvalue weighted by Gasteiger charge is 2.36. The molecular formula is C21H25N3O2. The molecule has 0 aliphatic carbocycles. The molecule has 0 saturated carbocycles. The van der Waals surface area contributed by atoms with E-state index >= 15 is 0 Å². The predicted octanol–water partition coefficient (Wildman–Crippen LogP) is 2.87. The average molecular weight is 351 g/mol. The van der Waals surface area contributed by atoms with Crippen LogP contribution in [-0.4, -0.2) is 46.4 Å². The zero-order valence-electron chi connectivity index (χ0n) is 15.1. The summed E-state index contributed by atoms with van der Waals surface area (Å²) in [4.78, 5) is 12.4. The molecule has 2 aromatic rings. The van der Waals surface area contributed by atoms with Crippen LogP contribution in [0.15, 0.2) is 53.8 Å². The second kappa shape index (κ2) is 7.17. The minimum atomic E-state index is -0.813. The Labute approximate surface area is 154 Å². The van der Waals surface area contributed by atoms with Crippen molar-refractivity contribution >= 4 is 5.71 Å². The van der Waals surface area contributed by atoms with Gasteiger partial charge in [-0.25, -0.2) is 0 Å². The number of piperidine rings is 1. The number of likely N-dealkylation sites (tertiary alicyclic amines) is 1. The summed E-state index contributed by atoms with van der Waals surface area (Å²) in [7, 11) is 0. The van der Waals surface area contributed by atoms with E-state index in [9.17, 15) is 5.11 Å². The van der Waals surface area contributed by atoms with Crippen LogP contribution in [-0.2, 0) is 10.4 Å². The Morgan fingerprint density at radius 1 is 1.15 bits per heavy atom. The van der Waals surface area contributed by atoms with Crippen LogP contribution in [0.5, 0.6) is 0 Å². The zero-order chi connectivity index (χ0) is 18.0. The van der Waals surface area contributed by atoms with Gasteiger partial charge in [0.1, 0.15) is 11.7 Å². The van der Waals surface area contributed by atoms with E-state index in [1.165, 1.54) is 0 Å². The van der Waals surface area contributed by atoms with Gasteiger partial charge in [-0.3, -0.25) is 9.88 Å². The van der Waals surface area contributed by atoms with Gasteiger partial charge in [-0.05, 0) is 37.0 Å². The van der Waals surface area contributed by atoms with E-state index in [2.05, 4.69) is 27.2 Å². The molecule has 5 heteroatoms. The first-order chi connectivity index (χ1) is 12.6. The minimum Gasteiger partial charge on any atom is -0.390 e. The van der Waals surface area contributed by atoms with Gasteiger partial charge < -0.3 is 9.94 Å². The lowest BCUT2D eigenvalue weighted by molar-refractivity contribution is -0.0413. The number of aryl methyl sites for hydroxylation is 1. The molecule has 1 aromatic heterocycles. The monoisotopic (exact) mass is 351 g/mol. The first-order valence-corrected chi connectivity index (χ1v) is 9.28. The largest absolute Gasteiger partial charge is 0.390 e. The third kappa shape index (κ3) is 3.64. The van der Waals surface area contributed by atoms with Crippen LogP contribution < -0.4 is 0 Å². The van der Waals surface area contributed by atoms with Crippen molar-refractivity contribution in [2.24, 2.45) is 5.16 Å². The maximum atomic E-state index is 11.0. The predicted molar refractivity (Wildman–Crippen MR) is 101 cm³/mol. The summed E-state index contributed by atoms with van der Waals surface area (Å²) >= 11 is 0. The van der Waals surface area contributed by atoms with Crippen LogP contribution in [0.2, 0.25) is 0 Å². The van der Waals surface area contributed by atoms with Crippen molar-refractivity contribution in [3.63, 3.8) is 0 Å². The number of pyridine rings is 1. The van der Waals surface area contributed by atoms with Gasteiger partial charge in [-0.15, -0.1) is 0 Å². The van der Waals surface area contributed by atoms with Gasteiger partial charge in [0.2, 0.25) is 0 Å². The molecule has 5 nitrogen and oxygen atoms in total. The lowest BCUT2D eigenvalue weighted by atomic mass is 9.87. The fourth-order valence-electron chi connectivity index (χ4n) is 3.72. The Morgan fingerprint density at radius 3 is 2.62 bits per heavy atom. The fourth-order valence-corrected chi connectivity index (χ4v) is 3.72. The van der Waals surface area contributed by atoms with E-state index < -0.39 is 5.60 Å². The number of hydrogen-bond acceptors (Lipinski definition) is 5. The van der Waals surface area contributed by atoms with Crippen molar-refractivity contribution in [3.8, 4) is 0 Å². The van der Waals surface area contributed by atoms with Gasteiger partial charge >= 0.3 is 0 Å². The molecule has 1 aromatic carbocycles. The standard InChI is InChI=1S/C21H25N3O2/c1-16-7-8-20(22-14-16)21(25)9-11-24(12-10-21)15-18-13-19(23-26-18)17-5-3-2-4-6-17/h2-8,14,18,25H,9-13,15H2,1H3. The Balaban J connectivity index is 1.30. The number of hydrogen-bond donors (Lipinski definition) is 1. The van der Waals surface area contributed by atoms with Crippen LogP contribution in [0.4, 0.5) is 0 Å².